The summed E-state index contributed by atoms with van der Waals surface area (Å²) in [6.07, 6.45) is -2.10. The van der Waals surface area contributed by atoms with Crippen LogP contribution in [0.4, 0.5) is 0 Å². The Hall–Kier alpha value is -1.14. The molecule has 0 amide bonds. The van der Waals surface area contributed by atoms with Crippen molar-refractivity contribution in [2.24, 2.45) is 0 Å². The van der Waals surface area contributed by atoms with Gasteiger partial charge in [-0.15, -0.1) is 0 Å². The Kier molecular flexibility index (Phi) is 4.05. The van der Waals surface area contributed by atoms with Crippen LogP contribution in [0.3, 0.4) is 0 Å². The van der Waals surface area contributed by atoms with Crippen LogP contribution in [0, 0.1) is 0 Å². The van der Waals surface area contributed by atoms with E-state index in [1.165, 1.54) is 14.2 Å². The van der Waals surface area contributed by atoms with Gasteiger partial charge in [0.05, 0.1) is 14.2 Å². The first-order valence-electron chi connectivity index (χ1n) is 4.60. The lowest BCUT2D eigenvalue weighted by Crippen LogP contribution is -2.38. The SMILES string of the molecule is CCC1O[C@@H](C(=O)OC)[C@H](C(=O)OC)O1. The van der Waals surface area contributed by atoms with Crippen molar-refractivity contribution < 1.29 is 28.5 Å². The summed E-state index contributed by atoms with van der Waals surface area (Å²) in [6.45, 7) is 1.82. The first kappa shape index (κ1) is 11.9. The zero-order valence-corrected chi connectivity index (χ0v) is 8.89. The van der Waals surface area contributed by atoms with E-state index in [0.29, 0.717) is 6.42 Å². The lowest BCUT2D eigenvalue weighted by atomic mass is 10.2. The molecule has 2 atom stereocenters. The quantitative estimate of drug-likeness (QED) is 0.613. The first-order valence-corrected chi connectivity index (χ1v) is 4.60. The summed E-state index contributed by atoms with van der Waals surface area (Å²) < 4.78 is 19.4. The van der Waals surface area contributed by atoms with Gasteiger partial charge in [0.15, 0.2) is 18.5 Å². The zero-order valence-electron chi connectivity index (χ0n) is 8.89. The summed E-state index contributed by atoms with van der Waals surface area (Å²) in [7, 11) is 2.44. The highest BCUT2D eigenvalue weighted by atomic mass is 16.8. The van der Waals surface area contributed by atoms with E-state index in [0.717, 1.165) is 0 Å². The van der Waals surface area contributed by atoms with Gasteiger partial charge in [0, 0.05) is 0 Å². The molecule has 15 heavy (non-hydrogen) atoms. The minimum absolute atomic E-state index is 0.543. The molecule has 0 aliphatic carbocycles. The average molecular weight is 218 g/mol. The number of rotatable bonds is 3. The monoisotopic (exact) mass is 218 g/mol. The second-order valence-corrected chi connectivity index (χ2v) is 3.00. The summed E-state index contributed by atoms with van der Waals surface area (Å²) in [5.41, 5.74) is 0. The molecular weight excluding hydrogens is 204 g/mol. The van der Waals surface area contributed by atoms with E-state index in [1.807, 2.05) is 6.92 Å². The maximum atomic E-state index is 11.3. The van der Waals surface area contributed by atoms with Crippen LogP contribution in [0.1, 0.15) is 13.3 Å². The largest absolute Gasteiger partial charge is 0.467 e. The van der Waals surface area contributed by atoms with Crippen molar-refractivity contribution in [3.63, 3.8) is 0 Å². The Morgan fingerprint density at radius 1 is 1.07 bits per heavy atom. The van der Waals surface area contributed by atoms with Crippen molar-refractivity contribution in [3.05, 3.63) is 0 Å². The molecule has 0 N–H and O–H groups in total. The highest BCUT2D eigenvalue weighted by Gasteiger charge is 2.46. The smallest absolute Gasteiger partial charge is 0.338 e. The molecule has 0 aromatic rings. The number of carbonyl (C=O) groups is 2. The average Bonchev–Trinajstić information content (AvgIpc) is 2.70. The van der Waals surface area contributed by atoms with Crippen LogP contribution in [-0.2, 0) is 28.5 Å². The molecule has 86 valence electrons. The molecule has 0 saturated carbocycles. The number of hydrogen-bond donors (Lipinski definition) is 0. The Bertz CT molecular complexity index is 227. The van der Waals surface area contributed by atoms with Crippen LogP contribution < -0.4 is 0 Å². The van der Waals surface area contributed by atoms with Crippen molar-refractivity contribution in [1.29, 1.82) is 0 Å². The summed E-state index contributed by atoms with van der Waals surface area (Å²) in [5, 5.41) is 0. The predicted octanol–water partition coefficient (Wildman–Crippen LogP) is -0.148. The summed E-state index contributed by atoms with van der Waals surface area (Å²) in [4.78, 5) is 22.5. The molecular formula is C9H14O6. The third-order valence-electron chi connectivity index (χ3n) is 2.07. The van der Waals surface area contributed by atoms with Crippen molar-refractivity contribution in [1.82, 2.24) is 0 Å². The van der Waals surface area contributed by atoms with E-state index in [4.69, 9.17) is 9.47 Å². The van der Waals surface area contributed by atoms with Gasteiger partial charge >= 0.3 is 11.9 Å². The number of methoxy groups -OCH3 is 2. The predicted molar refractivity (Wildman–Crippen MR) is 47.9 cm³/mol. The van der Waals surface area contributed by atoms with Crippen LogP contribution in [0.2, 0.25) is 0 Å². The van der Waals surface area contributed by atoms with Crippen molar-refractivity contribution >= 4 is 11.9 Å². The molecule has 0 radical (unpaired) electrons. The van der Waals surface area contributed by atoms with Crippen molar-refractivity contribution in [2.45, 2.75) is 31.8 Å². The fourth-order valence-corrected chi connectivity index (χ4v) is 1.28. The molecule has 0 unspecified atom stereocenters. The lowest BCUT2D eigenvalue weighted by Gasteiger charge is -2.11. The maximum Gasteiger partial charge on any atom is 0.338 e. The molecule has 1 heterocycles. The molecule has 0 bridgehead atoms. The first-order chi connectivity index (χ1) is 7.13. The van der Waals surface area contributed by atoms with Crippen LogP contribution >= 0.6 is 0 Å². The van der Waals surface area contributed by atoms with E-state index in [2.05, 4.69) is 9.47 Å². The molecule has 1 aliphatic rings. The van der Waals surface area contributed by atoms with E-state index in [1.54, 1.807) is 0 Å². The number of carbonyl (C=O) groups excluding carboxylic acids is 2. The minimum atomic E-state index is -1.03. The van der Waals surface area contributed by atoms with Crippen LogP contribution in [-0.4, -0.2) is 44.7 Å². The van der Waals surface area contributed by atoms with Gasteiger partial charge in [0.1, 0.15) is 0 Å². The Morgan fingerprint density at radius 2 is 1.47 bits per heavy atom. The number of esters is 2. The molecule has 6 nitrogen and oxygen atoms in total. The van der Waals surface area contributed by atoms with E-state index < -0.39 is 30.4 Å². The van der Waals surface area contributed by atoms with Gasteiger partial charge in [-0.3, -0.25) is 0 Å². The van der Waals surface area contributed by atoms with Crippen LogP contribution in [0.25, 0.3) is 0 Å². The standard InChI is InChI=1S/C9H14O6/c1-4-5-14-6(8(10)12-2)7(15-5)9(11)13-3/h5-7H,4H2,1-3H3/t6-,7-/m1/s1. The normalized spacial score (nSPS) is 26.3. The molecule has 0 aromatic heterocycles. The highest BCUT2D eigenvalue weighted by molar-refractivity contribution is 5.86. The second-order valence-electron chi connectivity index (χ2n) is 3.00. The van der Waals surface area contributed by atoms with Gasteiger partial charge in [0.2, 0.25) is 0 Å². The topological polar surface area (TPSA) is 71.1 Å². The summed E-state index contributed by atoms with van der Waals surface area (Å²) in [5.74, 6) is -1.28. The highest BCUT2D eigenvalue weighted by Crippen LogP contribution is 2.23. The van der Waals surface area contributed by atoms with Gasteiger partial charge in [-0.25, -0.2) is 9.59 Å². The molecule has 0 aromatic carbocycles. The van der Waals surface area contributed by atoms with Crippen molar-refractivity contribution in [3.8, 4) is 0 Å². The zero-order chi connectivity index (χ0) is 11.4. The lowest BCUT2D eigenvalue weighted by molar-refractivity contribution is -0.160. The Balaban J connectivity index is 2.73. The van der Waals surface area contributed by atoms with Gasteiger partial charge in [-0.05, 0) is 6.42 Å². The summed E-state index contributed by atoms with van der Waals surface area (Å²) >= 11 is 0. The van der Waals surface area contributed by atoms with Gasteiger partial charge < -0.3 is 18.9 Å². The van der Waals surface area contributed by atoms with Crippen LogP contribution in [0.5, 0.6) is 0 Å². The summed E-state index contributed by atoms with van der Waals surface area (Å²) in [6, 6.07) is 0. The maximum absolute atomic E-state index is 11.3. The molecule has 1 rings (SSSR count). The molecule has 1 saturated heterocycles. The third kappa shape index (κ3) is 2.45. The third-order valence-corrected chi connectivity index (χ3v) is 2.07. The van der Waals surface area contributed by atoms with Gasteiger partial charge in [0.25, 0.3) is 0 Å². The number of hydrogen-bond acceptors (Lipinski definition) is 6. The number of ether oxygens (including phenoxy) is 4. The van der Waals surface area contributed by atoms with Crippen LogP contribution in [0.15, 0.2) is 0 Å². The fraction of sp³-hybridized carbons (Fsp3) is 0.778. The van der Waals surface area contributed by atoms with E-state index >= 15 is 0 Å². The molecule has 1 aliphatic heterocycles. The van der Waals surface area contributed by atoms with Gasteiger partial charge in [-0.1, -0.05) is 6.92 Å². The minimum Gasteiger partial charge on any atom is -0.467 e. The molecule has 6 heteroatoms. The fourth-order valence-electron chi connectivity index (χ4n) is 1.28. The molecule has 1 fully saturated rings. The van der Waals surface area contributed by atoms with E-state index in [9.17, 15) is 9.59 Å². The molecule has 0 spiro atoms. The Labute approximate surface area is 87.4 Å². The second kappa shape index (κ2) is 5.09. The van der Waals surface area contributed by atoms with Gasteiger partial charge in [-0.2, -0.15) is 0 Å². The Morgan fingerprint density at radius 3 is 1.73 bits per heavy atom. The van der Waals surface area contributed by atoms with Crippen molar-refractivity contribution in [2.75, 3.05) is 14.2 Å². The van der Waals surface area contributed by atoms with E-state index in [-0.39, 0.29) is 0 Å².